The number of methoxy groups -OCH3 is 1. The molecule has 19 aromatic rings. The van der Waals surface area contributed by atoms with Gasteiger partial charge in [0.1, 0.15) is 62.1 Å². The average Bonchev–Trinajstić information content (AvgIpc) is 1.70. The standard InChI is InChI=1S/C10H12N2.C9H8N2O2.C9H10N2O.C9H9NO.2C9H9NS.C8H6ClNO.C8H13NO.C6H6N2O2.C4H6N2.C4H5NS.C3H4N2S/c1-6-4-9-10(5-7(6)2)12-8(3)11-9;1-5-10-7-3-2-6(9(12)13)4-8(7)11-5;1-6-10-8-4-3-7(12-2)5-9(8)11-6;3*1-6-3-4-8-9(5-6)11-7(2)10-8;1-5-10-7-4-6(9)2-3-8(7)11-5;1-6-5-7(10-9-6)8(2,3)4;1-5-3-2-4-6(7-5)8(9)10;2*1-4-5-2-3-6-4;1-3-5-4-2-6-3/h4-5H,1-3H3,(H,11,12);2-4H,1H3,(H,10,11)(H,12,13);3-5H,1-2H3,(H,10,11);3*3-5H,1-2H3;2-4H,1H3;5H,1-4H3;2-4H,1H3;2-3H,1H3,(H,5,6);2-3H,1H3;2H,1H3. The number of hydrogen-bond donors (Lipinski definition) is 5. The van der Waals surface area contributed by atoms with Gasteiger partial charge in [0, 0.05) is 73.4 Å². The monoisotopic (exact) mass is 1700 g/mol. The number of aromatic amines is 4. The summed E-state index contributed by atoms with van der Waals surface area (Å²) in [5, 5.41) is 37.0. The second-order valence-corrected chi connectivity index (χ2v) is 33.0. The van der Waals surface area contributed by atoms with Crippen molar-refractivity contribution in [1.82, 2.24) is 85.1 Å². The highest BCUT2D eigenvalue weighted by atomic mass is 35.5. The molecule has 0 spiro atoms. The maximum absolute atomic E-state index is 10.6. The van der Waals surface area contributed by atoms with E-state index in [1.54, 1.807) is 126 Å². The summed E-state index contributed by atoms with van der Waals surface area (Å²) in [6.07, 6.45) is 5.34. The molecule has 0 amide bonds. The number of aromatic carboxylic acids is 1. The number of nitrogens with zero attached hydrogens (tertiary/aromatic N) is 14. The van der Waals surface area contributed by atoms with Crippen LogP contribution in [-0.2, 0) is 5.41 Å². The topological polar surface area (TPSA) is 360 Å². The first-order valence-corrected chi connectivity index (χ1v) is 41.0. The van der Waals surface area contributed by atoms with Gasteiger partial charge in [-0.2, -0.15) is 0 Å². The summed E-state index contributed by atoms with van der Waals surface area (Å²) in [5.41, 5.74) is 21.5. The van der Waals surface area contributed by atoms with E-state index < -0.39 is 10.9 Å². The second-order valence-electron chi connectivity index (χ2n) is 28.0. The minimum atomic E-state index is -0.922. The number of pyridine rings is 1. The highest BCUT2D eigenvalue weighted by Crippen LogP contribution is 2.27. The molecule has 19 rings (SSSR count). The minimum absolute atomic E-state index is 0.0846. The van der Waals surface area contributed by atoms with Gasteiger partial charge in [0.15, 0.2) is 22.9 Å². The number of benzene rings is 7. The number of carboxylic acids is 1. The van der Waals surface area contributed by atoms with E-state index in [2.05, 4.69) is 182 Å². The average molecular weight is 1700 g/mol. The zero-order valence-corrected chi connectivity index (χ0v) is 74.3. The lowest BCUT2D eigenvalue weighted by Crippen LogP contribution is -2.09. The Morgan fingerprint density at radius 2 is 1.06 bits per heavy atom. The van der Waals surface area contributed by atoms with E-state index in [1.807, 2.05) is 137 Å². The Hall–Kier alpha value is -12.6. The van der Waals surface area contributed by atoms with Gasteiger partial charge in [-0.1, -0.05) is 55.7 Å². The van der Waals surface area contributed by atoms with Gasteiger partial charge in [0.05, 0.1) is 86.9 Å². The predicted molar refractivity (Wildman–Crippen MR) is 481 cm³/mol. The summed E-state index contributed by atoms with van der Waals surface area (Å²) >= 11 is 12.5. The fourth-order valence-electron chi connectivity index (χ4n) is 10.6. The third-order valence-corrected chi connectivity index (χ3v) is 19.8. The van der Waals surface area contributed by atoms with Gasteiger partial charge < -0.3 is 53.3 Å². The molecule has 0 aliphatic carbocycles. The van der Waals surface area contributed by atoms with E-state index in [1.165, 1.54) is 43.3 Å². The van der Waals surface area contributed by atoms with E-state index in [0.29, 0.717) is 16.6 Å². The number of thiazole rings is 3. The molecule has 119 heavy (non-hydrogen) atoms. The molecule has 12 aromatic heterocycles. The largest absolute Gasteiger partial charge is 0.497 e. The molecule has 0 atom stereocenters. The van der Waals surface area contributed by atoms with Gasteiger partial charge in [-0.3, -0.25) is 4.98 Å². The van der Waals surface area contributed by atoms with Crippen molar-refractivity contribution in [1.29, 1.82) is 0 Å². The quantitative estimate of drug-likeness (QED) is 0.0810. The summed E-state index contributed by atoms with van der Waals surface area (Å²) in [6, 6.07) is 45.6. The maximum Gasteiger partial charge on any atom is 0.363 e. The van der Waals surface area contributed by atoms with Gasteiger partial charge in [0.2, 0.25) is 0 Å². The lowest BCUT2D eigenvalue weighted by molar-refractivity contribution is -0.389. The highest BCUT2D eigenvalue weighted by molar-refractivity contribution is 7.18. The molecule has 12 heterocycles. The first kappa shape index (κ1) is 91.9. The number of H-pyrrole nitrogens is 4. The van der Waals surface area contributed by atoms with E-state index in [0.717, 1.165) is 133 Å². The van der Waals surface area contributed by atoms with Crippen molar-refractivity contribution in [2.24, 2.45) is 0 Å². The fraction of sp³-hybridized carbons (Fsp3) is 0.250. The van der Waals surface area contributed by atoms with E-state index >= 15 is 0 Å². The van der Waals surface area contributed by atoms with Crippen LogP contribution in [0, 0.1) is 128 Å². The molecule has 0 unspecified atom stereocenters. The summed E-state index contributed by atoms with van der Waals surface area (Å²) in [5.74, 6) is 5.85. The Morgan fingerprint density at radius 3 is 1.52 bits per heavy atom. The number of oxazole rings is 2. The number of carboxylic acid groups (broad SMARTS) is 1. The second kappa shape index (κ2) is 44.1. The molecular formula is C88H97ClN18O8S4. The maximum atomic E-state index is 10.6. The van der Waals surface area contributed by atoms with Crippen LogP contribution in [-0.4, -0.2) is 108 Å². The molecule has 26 nitrogen and oxygen atoms in total. The normalized spacial score (nSPS) is 10.4. The Balaban J connectivity index is 0.000000163. The molecule has 7 aromatic carbocycles. The summed E-state index contributed by atoms with van der Waals surface area (Å²) in [7, 11) is 1.66. The smallest absolute Gasteiger partial charge is 0.363 e. The summed E-state index contributed by atoms with van der Waals surface area (Å²) in [6.45, 7) is 39.8. The number of ether oxygens (including phenoxy) is 1. The number of fused-ring (bicyclic) bond motifs is 7. The number of aromatic nitrogens is 17. The van der Waals surface area contributed by atoms with Crippen LogP contribution >= 0.6 is 56.9 Å². The Bertz CT molecular complexity index is 5960. The zero-order valence-electron chi connectivity index (χ0n) is 70.3. The number of imidazole rings is 4. The Morgan fingerprint density at radius 1 is 0.504 bits per heavy atom. The first-order valence-electron chi connectivity index (χ1n) is 37.3. The minimum Gasteiger partial charge on any atom is -0.497 e. The molecule has 31 heteroatoms. The molecule has 0 aliphatic heterocycles. The van der Waals surface area contributed by atoms with Crippen LogP contribution in [0.15, 0.2) is 188 Å². The van der Waals surface area contributed by atoms with Crippen molar-refractivity contribution in [3.05, 3.63) is 296 Å². The van der Waals surface area contributed by atoms with E-state index in [9.17, 15) is 14.9 Å². The molecule has 0 saturated carbocycles. The summed E-state index contributed by atoms with van der Waals surface area (Å²) < 4.78 is 23.3. The number of hydrogen-bond acceptors (Lipinski definition) is 24. The molecule has 618 valence electrons. The van der Waals surface area contributed by atoms with Crippen molar-refractivity contribution < 1.29 is 32.9 Å². The van der Waals surface area contributed by atoms with Crippen molar-refractivity contribution in [3.63, 3.8) is 0 Å². The number of halogens is 1. The number of carbonyl (C=O) groups is 1. The number of nitro groups is 1. The van der Waals surface area contributed by atoms with Gasteiger partial charge >= 0.3 is 11.8 Å². The number of rotatable bonds is 3. The SMILES string of the molecule is COc1ccc2nc(C)[nH]c2c1.Cc1cc(C(C)(C)C)on1.Cc1ccc2nc(C)oc2c1.Cc1ccc2nc(C)sc2c1.Cc1ccc2nc(C)sc2c1.Cc1cccc([N+](=O)[O-])n1.Cc1nc2cc(C)c(C)cc2[nH]1.Cc1nc2cc(Cl)ccc2o1.Cc1nc2ccc(C(=O)O)cc2[nH]1.Cc1ncc[nH]1.Cc1nccs1.Cc1nncs1. The molecule has 0 aliphatic rings. The predicted octanol–water partition coefficient (Wildman–Crippen LogP) is 23.6. The third kappa shape index (κ3) is 30.1. The Kier molecular flexibility index (Phi) is 34.1. The van der Waals surface area contributed by atoms with Crippen LogP contribution in [0.3, 0.4) is 0 Å². The van der Waals surface area contributed by atoms with E-state index in [-0.39, 0.29) is 16.8 Å². The summed E-state index contributed by atoms with van der Waals surface area (Å²) in [4.78, 5) is 73.8. The lowest BCUT2D eigenvalue weighted by Gasteiger charge is -2.11. The van der Waals surface area contributed by atoms with Crippen LogP contribution in [0.4, 0.5) is 5.82 Å². The van der Waals surface area contributed by atoms with Crippen molar-refractivity contribution in [2.75, 3.05) is 7.11 Å². The van der Waals surface area contributed by atoms with Gasteiger partial charge in [-0.05, 0) is 244 Å². The van der Waals surface area contributed by atoms with Crippen molar-refractivity contribution in [3.8, 4) is 5.75 Å². The van der Waals surface area contributed by atoms with Crippen LogP contribution in [0.1, 0.15) is 131 Å². The van der Waals surface area contributed by atoms with Gasteiger partial charge in [-0.25, -0.2) is 44.7 Å². The van der Waals surface area contributed by atoms with Crippen LogP contribution in [0.25, 0.3) is 75.7 Å². The molecule has 5 N–H and O–H groups in total. The van der Waals surface area contributed by atoms with Crippen LogP contribution in [0.5, 0.6) is 5.75 Å². The zero-order chi connectivity index (χ0) is 86.6. The molecule has 0 radical (unpaired) electrons. The highest BCUT2D eigenvalue weighted by Gasteiger charge is 2.18. The number of aryl methyl sites for hydroxylation is 17. The van der Waals surface area contributed by atoms with Crippen LogP contribution < -0.4 is 4.74 Å². The molecule has 0 fully saturated rings. The van der Waals surface area contributed by atoms with Gasteiger partial charge in [0.25, 0.3) is 0 Å². The van der Waals surface area contributed by atoms with Crippen molar-refractivity contribution >= 4 is 144 Å². The van der Waals surface area contributed by atoms with Gasteiger partial charge in [-0.15, -0.1) is 55.5 Å². The van der Waals surface area contributed by atoms with Crippen LogP contribution in [0.2, 0.25) is 5.02 Å². The fourth-order valence-corrected chi connectivity index (χ4v) is 13.4. The Labute approximate surface area is 710 Å². The lowest BCUT2D eigenvalue weighted by atomic mass is 9.93. The van der Waals surface area contributed by atoms with E-state index in [4.69, 9.17) is 34.8 Å². The molecule has 0 saturated heterocycles. The first-order chi connectivity index (χ1) is 56.5. The molecular weight excluding hydrogens is 1600 g/mol. The third-order valence-electron chi connectivity index (χ3n) is 16.4. The molecule has 0 bridgehead atoms. The van der Waals surface area contributed by atoms with Crippen molar-refractivity contribution in [2.45, 2.75) is 144 Å². The number of nitrogens with one attached hydrogen (secondary N) is 4.